The fourth-order valence-electron chi connectivity index (χ4n) is 5.55. The number of rotatable bonds is 20. The van der Waals surface area contributed by atoms with Gasteiger partial charge in [-0.15, -0.1) is 0 Å². The molecule has 264 valence electrons. The lowest BCUT2D eigenvalue weighted by Crippen LogP contribution is -3.00. The Balaban J connectivity index is 0.00000833. The SMILES string of the molecule is CCOC(=O)C(CCC(=O)NC(CS)C(=O)CCC(=O)OC)NC(=O)CCCC[P+](c1ccccc1)(c1ccccc1)c1ccccc1.[Br-]. The van der Waals surface area contributed by atoms with Gasteiger partial charge in [-0.25, -0.2) is 4.79 Å². The lowest BCUT2D eigenvalue weighted by Gasteiger charge is -2.27. The fourth-order valence-corrected chi connectivity index (χ4v) is 10.3. The van der Waals surface area contributed by atoms with E-state index >= 15 is 0 Å². The first-order valence-corrected chi connectivity index (χ1v) is 18.9. The van der Waals surface area contributed by atoms with E-state index in [1.807, 2.05) is 18.2 Å². The first kappa shape index (κ1) is 41.6. The number of unbranched alkanes of at least 4 members (excludes halogenated alkanes) is 1. The molecule has 0 aliphatic carbocycles. The third kappa shape index (κ3) is 12.7. The van der Waals surface area contributed by atoms with Gasteiger partial charge in [-0.05, 0) is 62.6 Å². The molecule has 0 bridgehead atoms. The van der Waals surface area contributed by atoms with Gasteiger partial charge in [0.05, 0.1) is 32.3 Å². The van der Waals surface area contributed by atoms with Crippen LogP contribution in [0.5, 0.6) is 0 Å². The number of carbonyl (C=O) groups is 5. The maximum Gasteiger partial charge on any atom is 0.328 e. The number of halogens is 1. The maximum atomic E-state index is 13.1. The van der Waals surface area contributed by atoms with Gasteiger partial charge >= 0.3 is 11.9 Å². The number of Topliss-reactive ketones (excluding diaryl/α,β-unsaturated/α-hetero) is 1. The zero-order valence-corrected chi connectivity index (χ0v) is 31.4. The van der Waals surface area contributed by atoms with E-state index < -0.39 is 37.2 Å². The van der Waals surface area contributed by atoms with Crippen LogP contribution in [0.3, 0.4) is 0 Å². The van der Waals surface area contributed by atoms with Crippen LogP contribution in [0.15, 0.2) is 91.0 Å². The number of esters is 2. The summed E-state index contributed by atoms with van der Waals surface area (Å²) in [6.45, 7) is 1.79. The van der Waals surface area contributed by atoms with Crippen molar-refractivity contribution >= 4 is 65.3 Å². The highest BCUT2D eigenvalue weighted by Crippen LogP contribution is 2.55. The summed E-state index contributed by atoms with van der Waals surface area (Å²) in [5, 5.41) is 9.19. The molecule has 0 radical (unpaired) electrons. The van der Waals surface area contributed by atoms with Crippen LogP contribution < -0.4 is 43.5 Å². The molecule has 9 nitrogen and oxygen atoms in total. The van der Waals surface area contributed by atoms with Gasteiger partial charge in [-0.2, -0.15) is 12.6 Å². The molecule has 2 N–H and O–H groups in total. The van der Waals surface area contributed by atoms with Crippen molar-refractivity contribution in [3.8, 4) is 0 Å². The average Bonchev–Trinajstić information content (AvgIpc) is 3.12. The molecule has 0 fully saturated rings. The van der Waals surface area contributed by atoms with Crippen LogP contribution in [0.25, 0.3) is 0 Å². The fraction of sp³-hybridized carbons (Fsp3) is 0.378. The van der Waals surface area contributed by atoms with Gasteiger partial charge in [0.1, 0.15) is 29.2 Å². The van der Waals surface area contributed by atoms with Crippen LogP contribution in [0.4, 0.5) is 0 Å². The number of amides is 2. The first-order valence-electron chi connectivity index (χ1n) is 16.3. The van der Waals surface area contributed by atoms with E-state index in [9.17, 15) is 24.0 Å². The van der Waals surface area contributed by atoms with Crippen molar-refractivity contribution < 1.29 is 50.4 Å². The smallest absolute Gasteiger partial charge is 0.328 e. The molecular weight excluding hydrogens is 727 g/mol. The van der Waals surface area contributed by atoms with Crippen molar-refractivity contribution in [1.29, 1.82) is 0 Å². The van der Waals surface area contributed by atoms with Gasteiger partial charge in [-0.1, -0.05) is 54.6 Å². The normalized spacial score (nSPS) is 12.1. The summed E-state index contributed by atoms with van der Waals surface area (Å²) in [6, 6.07) is 29.7. The van der Waals surface area contributed by atoms with Crippen molar-refractivity contribution in [3.63, 3.8) is 0 Å². The Kier molecular flexibility index (Phi) is 18.9. The quantitative estimate of drug-likeness (QED) is 0.0675. The van der Waals surface area contributed by atoms with Crippen LogP contribution in [-0.2, 0) is 33.4 Å². The Morgan fingerprint density at radius 3 is 1.65 bits per heavy atom. The van der Waals surface area contributed by atoms with E-state index in [4.69, 9.17) is 4.74 Å². The van der Waals surface area contributed by atoms with Crippen LogP contribution in [-0.4, -0.2) is 67.3 Å². The molecule has 0 heterocycles. The predicted molar refractivity (Wildman–Crippen MR) is 194 cm³/mol. The second-order valence-corrected chi connectivity index (χ2v) is 15.2. The molecule has 0 saturated heterocycles. The molecule has 0 spiro atoms. The second kappa shape index (κ2) is 22.2. The molecule has 3 rings (SSSR count). The number of benzene rings is 3. The molecule has 3 aromatic rings. The molecule has 2 atom stereocenters. The third-order valence-electron chi connectivity index (χ3n) is 8.01. The largest absolute Gasteiger partial charge is 1.00 e. The Morgan fingerprint density at radius 2 is 1.18 bits per heavy atom. The maximum absolute atomic E-state index is 13.1. The molecule has 0 aromatic heterocycles. The van der Waals surface area contributed by atoms with E-state index in [2.05, 4.69) is 101 Å². The van der Waals surface area contributed by atoms with Gasteiger partial charge < -0.3 is 37.1 Å². The number of nitrogens with one attached hydrogen (secondary N) is 2. The monoisotopic (exact) mass is 772 g/mol. The topological polar surface area (TPSA) is 128 Å². The van der Waals surface area contributed by atoms with Crippen molar-refractivity contribution in [3.05, 3.63) is 91.0 Å². The number of carbonyl (C=O) groups excluding carboxylic acids is 5. The average molecular weight is 774 g/mol. The van der Waals surface area contributed by atoms with Crippen LogP contribution in [0.1, 0.15) is 51.9 Å². The molecule has 0 aliphatic heterocycles. The van der Waals surface area contributed by atoms with Crippen molar-refractivity contribution in [1.82, 2.24) is 10.6 Å². The van der Waals surface area contributed by atoms with Gasteiger partial charge in [0.2, 0.25) is 11.8 Å². The third-order valence-corrected chi connectivity index (χ3v) is 12.9. The van der Waals surface area contributed by atoms with Gasteiger partial charge in [-0.3, -0.25) is 19.2 Å². The second-order valence-electron chi connectivity index (χ2n) is 11.3. The van der Waals surface area contributed by atoms with E-state index in [-0.39, 0.29) is 73.1 Å². The summed E-state index contributed by atoms with van der Waals surface area (Å²) < 4.78 is 9.73. The zero-order valence-electron chi connectivity index (χ0n) is 28.0. The number of hydrogen-bond acceptors (Lipinski definition) is 8. The summed E-state index contributed by atoms with van der Waals surface area (Å²) in [4.78, 5) is 62.3. The molecular formula is C37H46BrN2O7PS. The number of methoxy groups -OCH3 is 1. The lowest BCUT2D eigenvalue weighted by molar-refractivity contribution is -0.147. The molecule has 0 aliphatic rings. The minimum absolute atomic E-state index is 0. The highest BCUT2D eigenvalue weighted by Gasteiger charge is 2.44. The molecule has 12 heteroatoms. The van der Waals surface area contributed by atoms with Gasteiger partial charge in [0.15, 0.2) is 5.78 Å². The van der Waals surface area contributed by atoms with Crippen molar-refractivity contribution in [2.75, 3.05) is 25.6 Å². The highest BCUT2D eigenvalue weighted by molar-refractivity contribution is 7.95. The van der Waals surface area contributed by atoms with Gasteiger partial charge in [0.25, 0.3) is 0 Å². The minimum atomic E-state index is -2.02. The Bertz CT molecular complexity index is 1390. The molecule has 3 aromatic carbocycles. The molecule has 2 amide bonds. The van der Waals surface area contributed by atoms with E-state index in [1.54, 1.807) is 6.92 Å². The number of thiol groups is 1. The van der Waals surface area contributed by atoms with E-state index in [0.29, 0.717) is 6.42 Å². The molecule has 49 heavy (non-hydrogen) atoms. The Labute approximate surface area is 305 Å². The summed E-state index contributed by atoms with van der Waals surface area (Å²) >= 11 is 4.15. The molecule has 2 unspecified atom stereocenters. The summed E-state index contributed by atoms with van der Waals surface area (Å²) in [5.41, 5.74) is 0. The van der Waals surface area contributed by atoms with E-state index in [1.165, 1.54) is 23.0 Å². The van der Waals surface area contributed by atoms with Crippen LogP contribution in [0.2, 0.25) is 0 Å². The highest BCUT2D eigenvalue weighted by atomic mass is 79.9. The first-order chi connectivity index (χ1) is 23.2. The summed E-state index contributed by atoms with van der Waals surface area (Å²) in [6.07, 6.45) is 2.13. The predicted octanol–water partition coefficient (Wildman–Crippen LogP) is 0.920. The van der Waals surface area contributed by atoms with Gasteiger partial charge in [0, 0.05) is 25.0 Å². The number of hydrogen-bond donors (Lipinski definition) is 3. The van der Waals surface area contributed by atoms with Crippen LogP contribution in [0, 0.1) is 0 Å². The number of ether oxygens (including phenoxy) is 2. The summed E-state index contributed by atoms with van der Waals surface area (Å²) in [5.74, 6) is -2.23. The van der Waals surface area contributed by atoms with Crippen molar-refractivity contribution in [2.45, 2.75) is 64.0 Å². The summed E-state index contributed by atoms with van der Waals surface area (Å²) in [7, 11) is -0.788. The minimum Gasteiger partial charge on any atom is -1.00 e. The standard InChI is InChI=1S/C37H45N2O7PS.BrH/c1-3-46-37(44)31(22-24-35(42)39-32(27-48)33(40)23-25-36(43)45-2)38-34(41)21-13-14-26-47(28-15-7-4-8-16-28,29-17-9-5-10-18-29)30-19-11-6-12-20-30;/h4-12,15-20,31-32H,3,13-14,21-27H2,1-2H3,(H2-,38,39,41,42,48);1H. The Morgan fingerprint density at radius 1 is 0.694 bits per heavy atom. The van der Waals surface area contributed by atoms with Crippen LogP contribution >= 0.6 is 19.9 Å². The van der Waals surface area contributed by atoms with E-state index in [0.717, 1.165) is 12.6 Å². The molecule has 0 saturated carbocycles. The number of ketones is 1. The van der Waals surface area contributed by atoms with Crippen molar-refractivity contribution in [2.24, 2.45) is 0 Å². The lowest BCUT2D eigenvalue weighted by atomic mass is 10.1. The Hall–Kier alpha value is -3.53. The zero-order chi connectivity index (χ0) is 34.8.